The molecule has 2 aliphatic heterocycles. The second kappa shape index (κ2) is 13.6. The van der Waals surface area contributed by atoms with Gasteiger partial charge in [0.25, 0.3) is 5.91 Å². The highest BCUT2D eigenvalue weighted by atomic mass is 16.5. The third kappa shape index (κ3) is 6.46. The summed E-state index contributed by atoms with van der Waals surface area (Å²) in [5.74, 6) is 0.844. The van der Waals surface area contributed by atoms with E-state index in [9.17, 15) is 4.79 Å². The summed E-state index contributed by atoms with van der Waals surface area (Å²) in [6.45, 7) is 3.70. The van der Waals surface area contributed by atoms with Crippen molar-refractivity contribution in [2.24, 2.45) is 10.7 Å². The van der Waals surface area contributed by atoms with Gasteiger partial charge in [-0.15, -0.1) is 0 Å². The summed E-state index contributed by atoms with van der Waals surface area (Å²) in [4.78, 5) is 29.8. The number of nitrogens with zero attached hydrogens (tertiary/aromatic N) is 4. The monoisotopic (exact) mass is 595 g/mol. The van der Waals surface area contributed by atoms with Crippen molar-refractivity contribution in [3.05, 3.63) is 82.8 Å². The van der Waals surface area contributed by atoms with Crippen LogP contribution in [-0.4, -0.2) is 79.0 Å². The Labute approximate surface area is 258 Å². The number of likely N-dealkylation sites (tertiary alicyclic amines) is 1. The SMILES string of the molecule is CN=C(C1=C(N)CCc2cnc(Nc3ccc(C(=O)NC4CCN(C5CCOCC5)CC4)cc3OC)nc21)c1ccccc1. The number of aryl methyl sites for hydroxylation is 1. The number of piperidine rings is 1. The summed E-state index contributed by atoms with van der Waals surface area (Å²) in [6.07, 6.45) is 7.42. The summed E-state index contributed by atoms with van der Waals surface area (Å²) in [5, 5.41) is 6.53. The zero-order valence-corrected chi connectivity index (χ0v) is 25.5. The second-order valence-corrected chi connectivity index (χ2v) is 11.6. The number of fused-ring (bicyclic) bond motifs is 1. The van der Waals surface area contributed by atoms with Crippen molar-refractivity contribution in [2.45, 2.75) is 50.6 Å². The van der Waals surface area contributed by atoms with Crippen LogP contribution in [0.4, 0.5) is 11.6 Å². The quantitative estimate of drug-likeness (QED) is 0.329. The molecule has 0 radical (unpaired) electrons. The van der Waals surface area contributed by atoms with Crippen LogP contribution in [0.1, 0.15) is 59.3 Å². The minimum atomic E-state index is -0.0954. The van der Waals surface area contributed by atoms with Crippen molar-refractivity contribution in [1.82, 2.24) is 20.2 Å². The second-order valence-electron chi connectivity index (χ2n) is 11.6. The van der Waals surface area contributed by atoms with Crippen LogP contribution in [-0.2, 0) is 11.2 Å². The lowest BCUT2D eigenvalue weighted by molar-refractivity contribution is 0.0238. The van der Waals surface area contributed by atoms with Crippen molar-refractivity contribution in [3.63, 3.8) is 0 Å². The maximum atomic E-state index is 13.2. The van der Waals surface area contributed by atoms with E-state index in [2.05, 4.69) is 25.5 Å². The number of amides is 1. The van der Waals surface area contributed by atoms with Gasteiger partial charge in [0.15, 0.2) is 0 Å². The van der Waals surface area contributed by atoms with Crippen molar-refractivity contribution in [2.75, 3.05) is 45.8 Å². The van der Waals surface area contributed by atoms with Gasteiger partial charge in [0, 0.05) is 74.0 Å². The molecule has 1 aliphatic carbocycles. The highest BCUT2D eigenvalue weighted by molar-refractivity contribution is 6.32. The van der Waals surface area contributed by atoms with E-state index >= 15 is 0 Å². The van der Waals surface area contributed by atoms with Crippen molar-refractivity contribution < 1.29 is 14.3 Å². The van der Waals surface area contributed by atoms with Gasteiger partial charge in [-0.25, -0.2) is 9.97 Å². The Balaban J connectivity index is 1.15. The number of methoxy groups -OCH3 is 1. The molecular formula is C34H41N7O3. The van der Waals surface area contributed by atoms with Crippen LogP contribution in [0.5, 0.6) is 5.75 Å². The summed E-state index contributed by atoms with van der Waals surface area (Å²) in [5.41, 5.74) is 12.9. The molecule has 6 rings (SSSR count). The Bertz CT molecular complexity index is 1540. The maximum absolute atomic E-state index is 13.2. The minimum Gasteiger partial charge on any atom is -0.495 e. The van der Waals surface area contributed by atoms with Gasteiger partial charge in [-0.2, -0.15) is 0 Å². The molecule has 2 fully saturated rings. The van der Waals surface area contributed by atoms with Crippen LogP contribution in [0.25, 0.3) is 5.57 Å². The molecule has 3 aliphatic rings. The van der Waals surface area contributed by atoms with Gasteiger partial charge in [-0.1, -0.05) is 30.3 Å². The van der Waals surface area contributed by atoms with E-state index in [1.807, 2.05) is 42.6 Å². The van der Waals surface area contributed by atoms with E-state index in [1.54, 1.807) is 26.3 Å². The highest BCUT2D eigenvalue weighted by Crippen LogP contribution is 2.33. The molecule has 44 heavy (non-hydrogen) atoms. The molecule has 2 saturated heterocycles. The molecular weight excluding hydrogens is 554 g/mol. The number of hydrogen-bond donors (Lipinski definition) is 3. The number of rotatable bonds is 8. The summed E-state index contributed by atoms with van der Waals surface area (Å²) >= 11 is 0. The third-order valence-corrected chi connectivity index (χ3v) is 8.88. The van der Waals surface area contributed by atoms with Gasteiger partial charge >= 0.3 is 0 Å². The number of ether oxygens (including phenoxy) is 2. The molecule has 0 bridgehead atoms. The number of hydrogen-bond acceptors (Lipinski definition) is 9. The van der Waals surface area contributed by atoms with E-state index in [0.717, 1.165) is 98.6 Å². The molecule has 10 heteroatoms. The van der Waals surface area contributed by atoms with E-state index in [-0.39, 0.29) is 11.9 Å². The Morgan fingerprint density at radius 3 is 2.55 bits per heavy atom. The number of nitrogens with two attached hydrogens (primary N) is 1. The fourth-order valence-corrected chi connectivity index (χ4v) is 6.44. The number of nitrogens with one attached hydrogen (secondary N) is 2. The number of aliphatic imine (C=N–C) groups is 1. The number of carbonyl (C=O) groups is 1. The van der Waals surface area contributed by atoms with Crippen LogP contribution in [0.2, 0.25) is 0 Å². The average molecular weight is 596 g/mol. The van der Waals surface area contributed by atoms with E-state index in [1.165, 1.54) is 0 Å². The van der Waals surface area contributed by atoms with Crippen molar-refractivity contribution >= 4 is 28.8 Å². The first-order valence-corrected chi connectivity index (χ1v) is 15.5. The Morgan fingerprint density at radius 1 is 1.05 bits per heavy atom. The number of aromatic nitrogens is 2. The van der Waals surface area contributed by atoms with Crippen molar-refractivity contribution in [1.29, 1.82) is 0 Å². The van der Waals surface area contributed by atoms with E-state index in [4.69, 9.17) is 20.2 Å². The molecule has 4 N–H and O–H groups in total. The first kappa shape index (κ1) is 29.8. The van der Waals surface area contributed by atoms with Crippen molar-refractivity contribution in [3.8, 4) is 5.75 Å². The lowest BCUT2D eigenvalue weighted by Crippen LogP contribution is -2.49. The lowest BCUT2D eigenvalue weighted by Gasteiger charge is -2.39. The maximum Gasteiger partial charge on any atom is 0.251 e. The predicted molar refractivity (Wildman–Crippen MR) is 173 cm³/mol. The standard InChI is InChI=1S/C34H41N7O3/c1-36-31(22-6-4-3-5-7-22)30-27(35)10-8-24-21-37-34(40-32(24)30)39-28-11-9-23(20-29(28)43-2)33(42)38-25-12-16-41(17-13-25)26-14-18-44-19-15-26/h3-7,9,11,20-21,25-26H,8,10,12-19,35H2,1-2H3,(H,38,42)(H,37,39,40). The molecule has 10 nitrogen and oxygen atoms in total. The predicted octanol–water partition coefficient (Wildman–Crippen LogP) is 4.34. The number of benzene rings is 2. The van der Waals surface area contributed by atoms with E-state index < -0.39 is 0 Å². The van der Waals surface area contributed by atoms with Crippen LogP contribution in [0, 0.1) is 0 Å². The van der Waals surface area contributed by atoms with Crippen LogP contribution < -0.4 is 21.1 Å². The Morgan fingerprint density at radius 2 is 1.82 bits per heavy atom. The molecule has 0 atom stereocenters. The first-order valence-electron chi connectivity index (χ1n) is 15.5. The fraction of sp³-hybridized carbons (Fsp3) is 0.412. The highest BCUT2D eigenvalue weighted by Gasteiger charge is 2.28. The lowest BCUT2D eigenvalue weighted by atomic mass is 9.88. The van der Waals surface area contributed by atoms with Gasteiger partial charge in [0.1, 0.15) is 5.75 Å². The van der Waals surface area contributed by atoms with Gasteiger partial charge < -0.3 is 30.7 Å². The molecule has 1 amide bonds. The van der Waals surface area contributed by atoms with Gasteiger partial charge in [0.05, 0.1) is 24.2 Å². The van der Waals surface area contributed by atoms with E-state index in [0.29, 0.717) is 29.0 Å². The average Bonchev–Trinajstić information content (AvgIpc) is 3.07. The molecule has 3 heterocycles. The van der Waals surface area contributed by atoms with Gasteiger partial charge in [0.2, 0.25) is 5.95 Å². The zero-order chi connectivity index (χ0) is 30.5. The van der Waals surface area contributed by atoms with Gasteiger partial charge in [-0.05, 0) is 62.3 Å². The number of carbonyl (C=O) groups excluding carboxylic acids is 1. The summed E-state index contributed by atoms with van der Waals surface area (Å²) < 4.78 is 11.2. The fourth-order valence-electron chi connectivity index (χ4n) is 6.44. The summed E-state index contributed by atoms with van der Waals surface area (Å²) in [7, 11) is 3.36. The molecule has 2 aromatic carbocycles. The number of anilines is 2. The Kier molecular flexibility index (Phi) is 9.18. The molecule has 1 aromatic heterocycles. The molecule has 230 valence electrons. The molecule has 0 unspecified atom stereocenters. The largest absolute Gasteiger partial charge is 0.495 e. The minimum absolute atomic E-state index is 0.0954. The molecule has 3 aromatic rings. The third-order valence-electron chi connectivity index (χ3n) is 8.88. The topological polar surface area (TPSA) is 127 Å². The number of allylic oxidation sites excluding steroid dienone is 2. The summed E-state index contributed by atoms with van der Waals surface area (Å²) in [6, 6.07) is 16.2. The zero-order valence-electron chi connectivity index (χ0n) is 25.5. The Hall–Kier alpha value is -4.28. The van der Waals surface area contributed by atoms with Crippen LogP contribution in [0.3, 0.4) is 0 Å². The molecule has 0 saturated carbocycles. The smallest absolute Gasteiger partial charge is 0.251 e. The first-order chi connectivity index (χ1) is 21.5. The molecule has 0 spiro atoms. The van der Waals surface area contributed by atoms with Crippen LogP contribution in [0.15, 0.2) is 65.4 Å². The van der Waals surface area contributed by atoms with Gasteiger partial charge in [-0.3, -0.25) is 9.79 Å². The van der Waals surface area contributed by atoms with Crippen LogP contribution >= 0.6 is 0 Å². The normalized spacial score (nSPS) is 18.5.